The Morgan fingerprint density at radius 2 is 1.68 bits per heavy atom. The van der Waals surface area contributed by atoms with Gasteiger partial charge >= 0.3 is 5.97 Å². The molecule has 0 spiro atoms. The van der Waals surface area contributed by atoms with Gasteiger partial charge in [0.1, 0.15) is 4.90 Å². The van der Waals surface area contributed by atoms with Crippen LogP contribution in [-0.2, 0) is 10.0 Å². The summed E-state index contributed by atoms with van der Waals surface area (Å²) in [6, 6.07) is 8.26. The van der Waals surface area contributed by atoms with E-state index in [4.69, 9.17) is 34.8 Å². The van der Waals surface area contributed by atoms with Gasteiger partial charge in [-0.05, 0) is 30.7 Å². The highest BCUT2D eigenvalue weighted by Crippen LogP contribution is 2.35. The van der Waals surface area contributed by atoms with Crippen molar-refractivity contribution in [3.63, 3.8) is 0 Å². The third-order valence-corrected chi connectivity index (χ3v) is 6.37. The highest BCUT2D eigenvalue weighted by Gasteiger charge is 2.30. The first kappa shape index (κ1) is 19.8. The Hall–Kier alpha value is -1.47. The number of carbonyl (C=O) groups is 1. The molecule has 0 saturated heterocycles. The zero-order valence-corrected chi connectivity index (χ0v) is 16.1. The van der Waals surface area contributed by atoms with Gasteiger partial charge in [0, 0.05) is 6.54 Å². The number of para-hydroxylation sites is 1. The molecule has 5 nitrogen and oxygen atoms in total. The summed E-state index contributed by atoms with van der Waals surface area (Å²) in [5.41, 5.74) is -0.0744. The van der Waals surface area contributed by atoms with Gasteiger partial charge < -0.3 is 5.11 Å². The van der Waals surface area contributed by atoms with Gasteiger partial charge in [-0.25, -0.2) is 13.2 Å². The maximum Gasteiger partial charge on any atom is 0.337 e. The Morgan fingerprint density at radius 1 is 1.08 bits per heavy atom. The standard InChI is InChI=1S/C16H14Cl3NO4S/c1-2-7-20(14-6-4-3-5-10(14)16(21)22)25(23,24)15-9-12(18)11(17)8-13(15)19/h3-6,8-9H,2,7H2,1H3,(H,21,22). The van der Waals surface area contributed by atoms with E-state index in [0.29, 0.717) is 6.42 Å². The molecule has 0 aliphatic heterocycles. The molecule has 0 heterocycles. The predicted octanol–water partition coefficient (Wildman–Crippen LogP) is 4.95. The molecule has 25 heavy (non-hydrogen) atoms. The zero-order valence-electron chi connectivity index (χ0n) is 13.0. The molecular weight excluding hydrogens is 409 g/mol. The third kappa shape index (κ3) is 4.03. The third-order valence-electron chi connectivity index (χ3n) is 3.37. The summed E-state index contributed by atoms with van der Waals surface area (Å²) in [6.07, 6.45) is 0.464. The molecule has 0 unspecified atom stereocenters. The topological polar surface area (TPSA) is 74.7 Å². The monoisotopic (exact) mass is 421 g/mol. The van der Waals surface area contributed by atoms with Crippen LogP contribution in [0.15, 0.2) is 41.3 Å². The molecule has 0 amide bonds. The van der Waals surface area contributed by atoms with Crippen molar-refractivity contribution in [2.45, 2.75) is 18.2 Å². The number of hydrogen-bond acceptors (Lipinski definition) is 3. The van der Waals surface area contributed by atoms with Crippen LogP contribution >= 0.6 is 34.8 Å². The second kappa shape index (κ2) is 7.83. The summed E-state index contributed by atoms with van der Waals surface area (Å²) in [6.45, 7) is 1.85. The van der Waals surface area contributed by atoms with Crippen molar-refractivity contribution < 1.29 is 18.3 Å². The Morgan fingerprint density at radius 3 is 2.28 bits per heavy atom. The minimum atomic E-state index is -4.15. The van der Waals surface area contributed by atoms with Crippen molar-refractivity contribution in [3.05, 3.63) is 57.0 Å². The number of aromatic carboxylic acids is 1. The number of benzene rings is 2. The first-order valence-electron chi connectivity index (χ1n) is 7.19. The van der Waals surface area contributed by atoms with Crippen LogP contribution in [0.4, 0.5) is 5.69 Å². The number of hydrogen-bond donors (Lipinski definition) is 1. The van der Waals surface area contributed by atoms with Gasteiger partial charge in [-0.3, -0.25) is 4.31 Å². The van der Waals surface area contributed by atoms with E-state index >= 15 is 0 Å². The molecule has 0 aliphatic rings. The van der Waals surface area contributed by atoms with E-state index in [-0.39, 0.29) is 37.8 Å². The van der Waals surface area contributed by atoms with E-state index in [9.17, 15) is 18.3 Å². The van der Waals surface area contributed by atoms with Crippen molar-refractivity contribution in [2.75, 3.05) is 10.8 Å². The van der Waals surface area contributed by atoms with Crippen LogP contribution in [0.1, 0.15) is 23.7 Å². The SMILES string of the molecule is CCCN(c1ccccc1C(=O)O)S(=O)(=O)c1cc(Cl)c(Cl)cc1Cl. The molecule has 9 heteroatoms. The van der Waals surface area contributed by atoms with Crippen LogP contribution in [0.5, 0.6) is 0 Å². The molecule has 0 atom stereocenters. The number of carboxylic acid groups (broad SMARTS) is 1. The normalized spacial score (nSPS) is 11.4. The lowest BCUT2D eigenvalue weighted by molar-refractivity contribution is 0.0697. The van der Waals surface area contributed by atoms with Gasteiger partial charge in [-0.2, -0.15) is 0 Å². The van der Waals surface area contributed by atoms with Crippen molar-refractivity contribution >= 4 is 56.5 Å². The van der Waals surface area contributed by atoms with Gasteiger partial charge in [0.15, 0.2) is 0 Å². The van der Waals surface area contributed by atoms with Gasteiger partial charge in [-0.15, -0.1) is 0 Å². The summed E-state index contributed by atoms with van der Waals surface area (Å²) in [5, 5.41) is 9.43. The lowest BCUT2D eigenvalue weighted by atomic mass is 10.2. The average molecular weight is 423 g/mol. The van der Waals surface area contributed by atoms with E-state index in [1.165, 1.54) is 24.3 Å². The number of nitrogens with zero attached hydrogens (tertiary/aromatic N) is 1. The fraction of sp³-hybridized carbons (Fsp3) is 0.188. The summed E-state index contributed by atoms with van der Waals surface area (Å²) in [5.74, 6) is -1.23. The van der Waals surface area contributed by atoms with Crippen LogP contribution in [-0.4, -0.2) is 26.0 Å². The van der Waals surface area contributed by atoms with Crippen LogP contribution in [0.2, 0.25) is 15.1 Å². The average Bonchev–Trinajstić information content (AvgIpc) is 2.55. The van der Waals surface area contributed by atoms with Crippen LogP contribution in [0.3, 0.4) is 0 Å². The lowest BCUT2D eigenvalue weighted by Gasteiger charge is -2.26. The highest BCUT2D eigenvalue weighted by molar-refractivity contribution is 7.93. The summed E-state index contributed by atoms with van der Waals surface area (Å²) in [7, 11) is -4.15. The van der Waals surface area contributed by atoms with Gasteiger partial charge in [-0.1, -0.05) is 53.9 Å². The number of sulfonamides is 1. The van der Waals surface area contributed by atoms with E-state index in [0.717, 1.165) is 10.4 Å². The predicted molar refractivity (Wildman–Crippen MR) is 99.7 cm³/mol. The number of halogens is 3. The molecule has 1 N–H and O–H groups in total. The smallest absolute Gasteiger partial charge is 0.337 e. The molecule has 0 aromatic heterocycles. The Balaban J connectivity index is 2.69. The molecule has 134 valence electrons. The molecular formula is C16H14Cl3NO4S. The molecule has 0 saturated carbocycles. The maximum atomic E-state index is 13.1. The van der Waals surface area contributed by atoms with E-state index in [2.05, 4.69) is 0 Å². The molecule has 0 bridgehead atoms. The molecule has 0 aliphatic carbocycles. The van der Waals surface area contributed by atoms with E-state index < -0.39 is 16.0 Å². The van der Waals surface area contributed by atoms with Gasteiger partial charge in [0.05, 0.1) is 26.3 Å². The minimum Gasteiger partial charge on any atom is -0.478 e. The molecule has 0 fully saturated rings. The Labute approximate surface area is 160 Å². The van der Waals surface area contributed by atoms with Crippen molar-refractivity contribution in [1.82, 2.24) is 0 Å². The van der Waals surface area contributed by atoms with Crippen molar-refractivity contribution in [1.29, 1.82) is 0 Å². The lowest BCUT2D eigenvalue weighted by Crippen LogP contribution is -2.33. The van der Waals surface area contributed by atoms with Crippen LogP contribution in [0, 0.1) is 0 Å². The second-order valence-corrected chi connectivity index (χ2v) is 8.15. The minimum absolute atomic E-state index is 0.0348. The fourth-order valence-electron chi connectivity index (χ4n) is 2.27. The van der Waals surface area contributed by atoms with Gasteiger partial charge in [0.25, 0.3) is 10.0 Å². The molecule has 2 aromatic carbocycles. The van der Waals surface area contributed by atoms with Crippen molar-refractivity contribution in [2.24, 2.45) is 0 Å². The van der Waals surface area contributed by atoms with E-state index in [1.54, 1.807) is 13.0 Å². The summed E-state index contributed by atoms with van der Waals surface area (Å²) < 4.78 is 27.3. The molecule has 2 aromatic rings. The molecule has 2 rings (SSSR count). The fourth-order valence-corrected chi connectivity index (χ4v) is 4.82. The first-order valence-corrected chi connectivity index (χ1v) is 9.77. The number of rotatable bonds is 6. The maximum absolute atomic E-state index is 13.1. The number of carboxylic acids is 1. The number of anilines is 1. The first-order chi connectivity index (χ1) is 11.7. The van der Waals surface area contributed by atoms with E-state index in [1.807, 2.05) is 0 Å². The summed E-state index contributed by atoms with van der Waals surface area (Å²) >= 11 is 17.8. The summed E-state index contributed by atoms with van der Waals surface area (Å²) in [4.78, 5) is 11.2. The second-order valence-electron chi connectivity index (χ2n) is 5.10. The van der Waals surface area contributed by atoms with Crippen molar-refractivity contribution in [3.8, 4) is 0 Å². The van der Waals surface area contributed by atoms with Crippen LogP contribution in [0.25, 0.3) is 0 Å². The largest absolute Gasteiger partial charge is 0.478 e. The van der Waals surface area contributed by atoms with Gasteiger partial charge in [0.2, 0.25) is 0 Å². The Bertz CT molecular complexity index is 916. The van der Waals surface area contributed by atoms with Crippen LogP contribution < -0.4 is 4.31 Å². The Kier molecular flexibility index (Phi) is 6.21. The molecule has 0 radical (unpaired) electrons. The quantitative estimate of drug-likeness (QED) is 0.668. The zero-order chi connectivity index (χ0) is 18.8. The highest BCUT2D eigenvalue weighted by atomic mass is 35.5.